The molecule has 2 aromatic rings. The molecule has 156 valence electrons. The molecule has 3 N–H and O–H groups in total. The summed E-state index contributed by atoms with van der Waals surface area (Å²) < 4.78 is 11.3. The summed E-state index contributed by atoms with van der Waals surface area (Å²) in [4.78, 5) is 34.0. The summed E-state index contributed by atoms with van der Waals surface area (Å²) in [6.07, 6.45) is -1.38. The fraction of sp³-hybridized carbons (Fsp3) is 0.263. The fourth-order valence-electron chi connectivity index (χ4n) is 3.58. The standard InChI is InChI=1S/C19H16N2O9/c22-17(23)14-5-10-6-15-16(7-11(10)8-20(14)18(24)25)30-19(26,9-29-15)12-1-3-13(4-2-12)21(27)28/h1-4,6-7,14,26H,5,8-9H2,(H,22,23)(H,24,25)/t14?,19-/m1/s1. The quantitative estimate of drug-likeness (QED) is 0.500. The van der Waals surface area contributed by atoms with Gasteiger partial charge in [0, 0.05) is 24.1 Å². The van der Waals surface area contributed by atoms with Crippen molar-refractivity contribution in [2.45, 2.75) is 24.8 Å². The predicted octanol–water partition coefficient (Wildman–Crippen LogP) is 1.70. The van der Waals surface area contributed by atoms with E-state index in [1.807, 2.05) is 0 Å². The number of fused-ring (bicyclic) bond motifs is 2. The number of aliphatic carboxylic acids is 1. The minimum atomic E-state index is -1.90. The molecule has 0 aliphatic carbocycles. The molecule has 0 aromatic heterocycles. The van der Waals surface area contributed by atoms with Crippen molar-refractivity contribution in [3.05, 3.63) is 63.2 Å². The molecule has 0 saturated heterocycles. The van der Waals surface area contributed by atoms with Crippen LogP contribution in [0.2, 0.25) is 0 Å². The molecule has 0 spiro atoms. The maximum Gasteiger partial charge on any atom is 0.408 e. The minimum absolute atomic E-state index is 0.0276. The summed E-state index contributed by atoms with van der Waals surface area (Å²) in [6, 6.07) is 7.05. The fourth-order valence-corrected chi connectivity index (χ4v) is 3.58. The highest BCUT2D eigenvalue weighted by Crippen LogP contribution is 2.42. The van der Waals surface area contributed by atoms with Gasteiger partial charge in [0.15, 0.2) is 18.1 Å². The number of benzene rings is 2. The summed E-state index contributed by atoms with van der Waals surface area (Å²) in [5, 5.41) is 40.4. The Morgan fingerprint density at radius 1 is 1.13 bits per heavy atom. The predicted molar refractivity (Wildman–Crippen MR) is 98.3 cm³/mol. The summed E-state index contributed by atoms with van der Waals surface area (Å²) >= 11 is 0. The maximum absolute atomic E-state index is 11.4. The number of hydrogen-bond donors (Lipinski definition) is 3. The Kier molecular flexibility index (Phi) is 4.46. The third-order valence-corrected chi connectivity index (χ3v) is 5.16. The number of nitro groups is 1. The molecule has 30 heavy (non-hydrogen) atoms. The van der Waals surface area contributed by atoms with E-state index < -0.39 is 28.8 Å². The normalized spacial score (nSPS) is 22.2. The lowest BCUT2D eigenvalue weighted by Crippen LogP contribution is -2.48. The Hall–Kier alpha value is -3.86. The number of non-ortho nitro benzene ring substituents is 1. The number of rotatable bonds is 3. The summed E-state index contributed by atoms with van der Waals surface area (Å²) in [6.45, 7) is -0.450. The molecule has 2 aliphatic rings. The van der Waals surface area contributed by atoms with Gasteiger partial charge in [-0.2, -0.15) is 0 Å². The number of carbonyl (C=O) groups is 2. The SMILES string of the molecule is O=C(O)C1Cc2cc3c(cc2CN1C(=O)O)O[C@@](O)(c1ccc([N+](=O)[O-])cc1)CO3. The van der Waals surface area contributed by atoms with Gasteiger partial charge < -0.3 is 24.8 Å². The van der Waals surface area contributed by atoms with Gasteiger partial charge >= 0.3 is 12.1 Å². The van der Waals surface area contributed by atoms with Crippen LogP contribution in [0.1, 0.15) is 16.7 Å². The van der Waals surface area contributed by atoms with E-state index in [2.05, 4.69) is 0 Å². The van der Waals surface area contributed by atoms with Crippen molar-refractivity contribution in [2.75, 3.05) is 6.61 Å². The second kappa shape index (κ2) is 6.88. The number of hydrogen-bond acceptors (Lipinski definition) is 7. The van der Waals surface area contributed by atoms with Crippen LogP contribution in [0.4, 0.5) is 10.5 Å². The van der Waals surface area contributed by atoms with Gasteiger partial charge in [0.05, 0.1) is 11.5 Å². The van der Waals surface area contributed by atoms with Crippen LogP contribution in [-0.4, -0.2) is 49.9 Å². The maximum atomic E-state index is 11.4. The van der Waals surface area contributed by atoms with E-state index in [1.54, 1.807) is 6.07 Å². The van der Waals surface area contributed by atoms with Crippen LogP contribution < -0.4 is 9.47 Å². The lowest BCUT2D eigenvalue weighted by molar-refractivity contribution is -0.384. The topological polar surface area (TPSA) is 160 Å². The first-order valence-corrected chi connectivity index (χ1v) is 8.85. The summed E-state index contributed by atoms with van der Waals surface area (Å²) in [5.41, 5.74) is 1.25. The van der Waals surface area contributed by atoms with Gasteiger partial charge in [0.1, 0.15) is 6.04 Å². The van der Waals surface area contributed by atoms with Crippen LogP contribution >= 0.6 is 0 Å². The largest absolute Gasteiger partial charge is 0.482 e. The zero-order chi connectivity index (χ0) is 21.6. The van der Waals surface area contributed by atoms with Crippen LogP contribution in [0.5, 0.6) is 11.5 Å². The molecule has 0 fully saturated rings. The lowest BCUT2D eigenvalue weighted by Gasteiger charge is -2.37. The molecule has 4 rings (SSSR count). The van der Waals surface area contributed by atoms with Crippen LogP contribution in [0.15, 0.2) is 36.4 Å². The van der Waals surface area contributed by atoms with E-state index in [9.17, 15) is 35.0 Å². The Bertz CT molecular complexity index is 1050. The van der Waals surface area contributed by atoms with Gasteiger partial charge in [-0.15, -0.1) is 0 Å². The molecule has 11 heteroatoms. The third kappa shape index (κ3) is 3.24. The highest BCUT2D eigenvalue weighted by Gasteiger charge is 2.40. The number of carboxylic acid groups (broad SMARTS) is 2. The van der Waals surface area contributed by atoms with Crippen molar-refractivity contribution in [2.24, 2.45) is 0 Å². The number of nitrogens with zero attached hydrogens (tertiary/aromatic N) is 2. The highest BCUT2D eigenvalue weighted by molar-refractivity contribution is 5.80. The number of carboxylic acids is 1. The van der Waals surface area contributed by atoms with Gasteiger partial charge in [-0.05, 0) is 35.4 Å². The van der Waals surface area contributed by atoms with Crippen molar-refractivity contribution >= 4 is 17.7 Å². The number of amides is 1. The Morgan fingerprint density at radius 2 is 1.80 bits per heavy atom. The number of aliphatic hydroxyl groups is 1. The molecule has 0 saturated carbocycles. The molecule has 2 aromatic carbocycles. The highest BCUT2D eigenvalue weighted by atomic mass is 16.7. The zero-order valence-corrected chi connectivity index (χ0v) is 15.3. The van der Waals surface area contributed by atoms with E-state index in [0.717, 1.165) is 4.90 Å². The Morgan fingerprint density at radius 3 is 2.40 bits per heavy atom. The average molecular weight is 416 g/mol. The van der Waals surface area contributed by atoms with Gasteiger partial charge in [0.25, 0.3) is 11.5 Å². The Balaban J connectivity index is 1.65. The number of nitro benzene ring substituents is 1. The van der Waals surface area contributed by atoms with Crippen molar-refractivity contribution < 1.29 is 39.3 Å². The van der Waals surface area contributed by atoms with E-state index in [1.165, 1.54) is 30.3 Å². The Labute approximate surface area is 168 Å². The molecule has 1 amide bonds. The van der Waals surface area contributed by atoms with E-state index >= 15 is 0 Å². The molecule has 0 radical (unpaired) electrons. The van der Waals surface area contributed by atoms with Gasteiger partial charge in [-0.1, -0.05) is 0 Å². The first-order valence-electron chi connectivity index (χ1n) is 8.85. The van der Waals surface area contributed by atoms with Gasteiger partial charge in [-0.3, -0.25) is 15.0 Å². The summed E-state index contributed by atoms with van der Waals surface area (Å²) in [5.74, 6) is -2.71. The van der Waals surface area contributed by atoms with Gasteiger partial charge in [-0.25, -0.2) is 9.59 Å². The van der Waals surface area contributed by atoms with E-state index in [0.29, 0.717) is 11.1 Å². The van der Waals surface area contributed by atoms with Crippen molar-refractivity contribution in [1.29, 1.82) is 0 Å². The van der Waals surface area contributed by atoms with Crippen LogP contribution in [-0.2, 0) is 23.5 Å². The second-order valence-corrected chi connectivity index (χ2v) is 7.02. The molecular weight excluding hydrogens is 400 g/mol. The van der Waals surface area contributed by atoms with Crippen molar-refractivity contribution in [3.8, 4) is 11.5 Å². The first-order chi connectivity index (χ1) is 14.2. The molecule has 2 heterocycles. The van der Waals surface area contributed by atoms with Crippen LogP contribution in [0, 0.1) is 10.1 Å². The molecule has 2 aliphatic heterocycles. The van der Waals surface area contributed by atoms with Crippen LogP contribution in [0.25, 0.3) is 0 Å². The summed E-state index contributed by atoms with van der Waals surface area (Å²) in [7, 11) is 0. The molecular formula is C19H16N2O9. The average Bonchev–Trinajstić information content (AvgIpc) is 2.71. The lowest BCUT2D eigenvalue weighted by atomic mass is 9.93. The monoisotopic (exact) mass is 416 g/mol. The van der Waals surface area contributed by atoms with Crippen molar-refractivity contribution in [1.82, 2.24) is 4.90 Å². The second-order valence-electron chi connectivity index (χ2n) is 7.02. The molecule has 2 atom stereocenters. The molecule has 11 nitrogen and oxygen atoms in total. The minimum Gasteiger partial charge on any atom is -0.482 e. The van der Waals surface area contributed by atoms with Crippen LogP contribution in [0.3, 0.4) is 0 Å². The third-order valence-electron chi connectivity index (χ3n) is 5.16. The van der Waals surface area contributed by atoms with E-state index in [4.69, 9.17) is 9.47 Å². The number of ether oxygens (including phenoxy) is 2. The molecule has 0 bridgehead atoms. The smallest absolute Gasteiger partial charge is 0.408 e. The first kappa shape index (κ1) is 19.5. The zero-order valence-electron chi connectivity index (χ0n) is 15.3. The van der Waals surface area contributed by atoms with Gasteiger partial charge in [0.2, 0.25) is 0 Å². The van der Waals surface area contributed by atoms with E-state index in [-0.39, 0.29) is 42.3 Å². The molecule has 1 unspecified atom stereocenters. The van der Waals surface area contributed by atoms with Crippen molar-refractivity contribution in [3.63, 3.8) is 0 Å².